The van der Waals surface area contributed by atoms with E-state index in [4.69, 9.17) is 15.2 Å². The number of hydrogen-bond acceptors (Lipinski definition) is 5. The van der Waals surface area contributed by atoms with Gasteiger partial charge in [-0.15, -0.1) is 11.3 Å². The second kappa shape index (κ2) is 5.33. The van der Waals surface area contributed by atoms with Gasteiger partial charge in [-0.25, -0.2) is 4.98 Å². The molecule has 0 saturated heterocycles. The molecule has 0 radical (unpaired) electrons. The quantitative estimate of drug-likeness (QED) is 0.656. The van der Waals surface area contributed by atoms with Crippen LogP contribution in [0.5, 0.6) is 5.75 Å². The van der Waals surface area contributed by atoms with Gasteiger partial charge in [-0.2, -0.15) is 0 Å². The van der Waals surface area contributed by atoms with Gasteiger partial charge in [0.2, 0.25) is 0 Å². The van der Waals surface area contributed by atoms with Gasteiger partial charge in [0.25, 0.3) is 0 Å². The standard InChI is InChI=1S/C12H16N2O2S/c1-8-14-10-7-11(16-5-3-4-15-2)9(13)6-12(10)17-8/h6-7H,3-5,13H2,1-2H3. The highest BCUT2D eigenvalue weighted by Crippen LogP contribution is 2.31. The lowest BCUT2D eigenvalue weighted by atomic mass is 10.3. The summed E-state index contributed by atoms with van der Waals surface area (Å²) in [6.07, 6.45) is 0.851. The molecule has 4 nitrogen and oxygen atoms in total. The second-order valence-corrected chi connectivity index (χ2v) is 5.02. The molecule has 1 aromatic heterocycles. The number of nitrogen functional groups attached to an aromatic ring is 1. The van der Waals surface area contributed by atoms with Crippen LogP contribution in [-0.4, -0.2) is 25.3 Å². The number of nitrogens with two attached hydrogens (primary N) is 1. The van der Waals surface area contributed by atoms with E-state index in [9.17, 15) is 0 Å². The van der Waals surface area contributed by atoms with E-state index in [0.29, 0.717) is 24.7 Å². The third-order valence-corrected chi connectivity index (χ3v) is 3.31. The van der Waals surface area contributed by atoms with Gasteiger partial charge in [-0.3, -0.25) is 0 Å². The van der Waals surface area contributed by atoms with E-state index in [0.717, 1.165) is 21.6 Å². The summed E-state index contributed by atoms with van der Waals surface area (Å²) in [5, 5.41) is 1.04. The number of anilines is 1. The number of hydrogen-bond donors (Lipinski definition) is 1. The van der Waals surface area contributed by atoms with Crippen LogP contribution in [0.1, 0.15) is 11.4 Å². The van der Waals surface area contributed by atoms with Crippen molar-refractivity contribution < 1.29 is 9.47 Å². The van der Waals surface area contributed by atoms with Gasteiger partial charge in [-0.1, -0.05) is 0 Å². The Morgan fingerprint density at radius 2 is 2.18 bits per heavy atom. The predicted octanol–water partition coefficient (Wildman–Crippen LogP) is 2.60. The minimum Gasteiger partial charge on any atom is -0.491 e. The minimum atomic E-state index is 0.604. The molecule has 0 spiro atoms. The van der Waals surface area contributed by atoms with Crippen LogP contribution in [0.3, 0.4) is 0 Å². The van der Waals surface area contributed by atoms with Crippen molar-refractivity contribution in [1.82, 2.24) is 4.98 Å². The molecular weight excluding hydrogens is 236 g/mol. The molecule has 2 rings (SSSR count). The molecule has 92 valence electrons. The Hall–Kier alpha value is -1.33. The largest absolute Gasteiger partial charge is 0.491 e. The number of methoxy groups -OCH3 is 1. The van der Waals surface area contributed by atoms with Gasteiger partial charge in [-0.05, 0) is 13.0 Å². The summed E-state index contributed by atoms with van der Waals surface area (Å²) < 4.78 is 11.7. The van der Waals surface area contributed by atoms with Crippen molar-refractivity contribution in [3.05, 3.63) is 17.1 Å². The number of nitrogens with zero attached hydrogens (tertiary/aromatic N) is 1. The molecule has 0 aliphatic heterocycles. The summed E-state index contributed by atoms with van der Waals surface area (Å²) in [5.41, 5.74) is 7.55. The summed E-state index contributed by atoms with van der Waals surface area (Å²) >= 11 is 1.64. The lowest BCUT2D eigenvalue weighted by Crippen LogP contribution is -2.03. The van der Waals surface area contributed by atoms with Crippen molar-refractivity contribution >= 4 is 27.2 Å². The van der Waals surface area contributed by atoms with Gasteiger partial charge in [0.05, 0.1) is 27.5 Å². The molecule has 0 amide bonds. The van der Waals surface area contributed by atoms with Crippen molar-refractivity contribution in [2.75, 3.05) is 26.1 Å². The third kappa shape index (κ3) is 2.87. The Balaban J connectivity index is 2.13. The first-order chi connectivity index (χ1) is 8.20. The van der Waals surface area contributed by atoms with Crippen molar-refractivity contribution in [3.8, 4) is 5.75 Å². The summed E-state index contributed by atoms with van der Waals surface area (Å²) in [6.45, 7) is 3.28. The molecule has 0 atom stereocenters. The summed E-state index contributed by atoms with van der Waals surface area (Å²) in [7, 11) is 1.68. The van der Waals surface area contributed by atoms with E-state index >= 15 is 0 Å². The zero-order valence-electron chi connectivity index (χ0n) is 10.0. The van der Waals surface area contributed by atoms with E-state index in [1.807, 2.05) is 19.1 Å². The SMILES string of the molecule is COCCCOc1cc2nc(C)sc2cc1N. The highest BCUT2D eigenvalue weighted by molar-refractivity contribution is 7.18. The maximum absolute atomic E-state index is 5.93. The van der Waals surface area contributed by atoms with Crippen molar-refractivity contribution in [1.29, 1.82) is 0 Å². The van der Waals surface area contributed by atoms with Crippen LogP contribution in [0.2, 0.25) is 0 Å². The number of aryl methyl sites for hydroxylation is 1. The first-order valence-electron chi connectivity index (χ1n) is 5.49. The highest BCUT2D eigenvalue weighted by atomic mass is 32.1. The van der Waals surface area contributed by atoms with Crippen LogP contribution in [0.4, 0.5) is 5.69 Å². The van der Waals surface area contributed by atoms with Gasteiger partial charge in [0.15, 0.2) is 0 Å². The van der Waals surface area contributed by atoms with Crippen LogP contribution >= 0.6 is 11.3 Å². The number of fused-ring (bicyclic) bond motifs is 1. The monoisotopic (exact) mass is 252 g/mol. The lowest BCUT2D eigenvalue weighted by Gasteiger charge is -2.08. The number of ether oxygens (including phenoxy) is 2. The van der Waals surface area contributed by atoms with Gasteiger partial charge in [0.1, 0.15) is 5.75 Å². The number of aromatic nitrogens is 1. The first kappa shape index (κ1) is 12.1. The van der Waals surface area contributed by atoms with E-state index in [2.05, 4.69) is 4.98 Å². The topological polar surface area (TPSA) is 57.4 Å². The number of benzene rings is 1. The summed E-state index contributed by atoms with van der Waals surface area (Å²) in [6, 6.07) is 3.83. The predicted molar refractivity (Wildman–Crippen MR) is 70.8 cm³/mol. The Labute approximate surface area is 104 Å². The zero-order chi connectivity index (χ0) is 12.3. The summed E-state index contributed by atoms with van der Waals surface area (Å²) in [5.74, 6) is 0.707. The Morgan fingerprint density at radius 3 is 2.94 bits per heavy atom. The zero-order valence-corrected chi connectivity index (χ0v) is 10.8. The van der Waals surface area contributed by atoms with E-state index in [1.54, 1.807) is 18.4 Å². The van der Waals surface area contributed by atoms with Crippen LogP contribution in [-0.2, 0) is 4.74 Å². The minimum absolute atomic E-state index is 0.604. The maximum Gasteiger partial charge on any atom is 0.144 e. The fourth-order valence-electron chi connectivity index (χ4n) is 1.60. The molecule has 0 unspecified atom stereocenters. The molecule has 0 bridgehead atoms. The third-order valence-electron chi connectivity index (χ3n) is 2.38. The molecule has 17 heavy (non-hydrogen) atoms. The Bertz CT molecular complexity index is 510. The van der Waals surface area contributed by atoms with Crippen molar-refractivity contribution in [3.63, 3.8) is 0 Å². The highest BCUT2D eigenvalue weighted by Gasteiger charge is 2.07. The fraction of sp³-hybridized carbons (Fsp3) is 0.417. The van der Waals surface area contributed by atoms with Gasteiger partial charge in [0, 0.05) is 26.2 Å². The molecular formula is C12H16N2O2S. The second-order valence-electron chi connectivity index (χ2n) is 3.79. The number of thiazole rings is 1. The van der Waals surface area contributed by atoms with Gasteiger partial charge >= 0.3 is 0 Å². The van der Waals surface area contributed by atoms with Crippen molar-refractivity contribution in [2.24, 2.45) is 0 Å². The van der Waals surface area contributed by atoms with Gasteiger partial charge < -0.3 is 15.2 Å². The van der Waals surface area contributed by atoms with Crippen LogP contribution < -0.4 is 10.5 Å². The normalized spacial score (nSPS) is 10.9. The van der Waals surface area contributed by atoms with Crippen LogP contribution in [0, 0.1) is 6.92 Å². The molecule has 0 saturated carbocycles. The Kier molecular flexibility index (Phi) is 3.81. The van der Waals surface area contributed by atoms with E-state index < -0.39 is 0 Å². The molecule has 0 aliphatic carbocycles. The number of rotatable bonds is 5. The first-order valence-corrected chi connectivity index (χ1v) is 6.31. The van der Waals surface area contributed by atoms with Crippen LogP contribution in [0.25, 0.3) is 10.2 Å². The van der Waals surface area contributed by atoms with Crippen molar-refractivity contribution in [2.45, 2.75) is 13.3 Å². The van der Waals surface area contributed by atoms with E-state index in [1.165, 1.54) is 0 Å². The average molecular weight is 252 g/mol. The van der Waals surface area contributed by atoms with Crippen LogP contribution in [0.15, 0.2) is 12.1 Å². The average Bonchev–Trinajstić information content (AvgIpc) is 2.63. The summed E-state index contributed by atoms with van der Waals surface area (Å²) in [4.78, 5) is 4.42. The smallest absolute Gasteiger partial charge is 0.144 e. The fourth-order valence-corrected chi connectivity index (χ4v) is 2.45. The molecule has 2 aromatic rings. The molecule has 1 aromatic carbocycles. The molecule has 0 fully saturated rings. The molecule has 5 heteroatoms. The lowest BCUT2D eigenvalue weighted by molar-refractivity contribution is 0.172. The maximum atomic E-state index is 5.93. The molecule has 2 N–H and O–H groups in total. The Morgan fingerprint density at radius 1 is 1.35 bits per heavy atom. The molecule has 1 heterocycles. The van der Waals surface area contributed by atoms with E-state index in [-0.39, 0.29) is 0 Å². The molecule has 0 aliphatic rings.